The van der Waals surface area contributed by atoms with Gasteiger partial charge >= 0.3 is 0 Å². The number of piperazine rings is 1. The first-order valence-electron chi connectivity index (χ1n) is 5.97. The van der Waals surface area contributed by atoms with Gasteiger partial charge in [-0.2, -0.15) is 0 Å². The van der Waals surface area contributed by atoms with E-state index < -0.39 is 11.6 Å². The molecule has 1 aliphatic rings. The van der Waals surface area contributed by atoms with Crippen molar-refractivity contribution < 1.29 is 8.78 Å². The van der Waals surface area contributed by atoms with Gasteiger partial charge in [0.1, 0.15) is 0 Å². The van der Waals surface area contributed by atoms with Crippen LogP contribution in [0.3, 0.4) is 0 Å². The van der Waals surface area contributed by atoms with Crippen molar-refractivity contribution in [1.29, 1.82) is 0 Å². The smallest absolute Gasteiger partial charge is 0.163 e. The summed E-state index contributed by atoms with van der Waals surface area (Å²) in [7, 11) is 0. The van der Waals surface area contributed by atoms with Crippen molar-refractivity contribution in [2.24, 2.45) is 0 Å². The molecule has 1 aromatic carbocycles. The Bertz CT molecular complexity index is 385. The van der Waals surface area contributed by atoms with Crippen LogP contribution in [0.1, 0.15) is 19.4 Å². The zero-order valence-corrected chi connectivity index (χ0v) is 10.2. The molecule has 4 heteroatoms. The summed E-state index contributed by atoms with van der Waals surface area (Å²) in [6, 6.07) is 5.13. The van der Waals surface area contributed by atoms with Crippen LogP contribution in [0.4, 0.5) is 8.78 Å². The molecule has 1 N–H and O–H groups in total. The van der Waals surface area contributed by atoms with Gasteiger partial charge in [0.2, 0.25) is 0 Å². The zero-order valence-electron chi connectivity index (χ0n) is 10.2. The predicted octanol–water partition coefficient (Wildman–Crippen LogP) is 2.15. The third-order valence-electron chi connectivity index (χ3n) is 3.06. The highest BCUT2D eigenvalue weighted by molar-refractivity contribution is 5.19. The molecule has 0 spiro atoms. The minimum atomic E-state index is -0.765. The van der Waals surface area contributed by atoms with E-state index in [0.29, 0.717) is 24.2 Å². The van der Waals surface area contributed by atoms with E-state index in [1.54, 1.807) is 12.1 Å². The molecular weight excluding hydrogens is 222 g/mol. The SMILES string of the molecule is CC1CN(Cc2cccc(F)c2F)CC(C)N1. The normalized spacial score (nSPS) is 26.1. The number of nitrogens with one attached hydrogen (secondary N) is 1. The van der Waals surface area contributed by atoms with Gasteiger partial charge in [0.05, 0.1) is 0 Å². The van der Waals surface area contributed by atoms with Gasteiger partial charge in [0.25, 0.3) is 0 Å². The summed E-state index contributed by atoms with van der Waals surface area (Å²) >= 11 is 0. The molecular formula is C13H18F2N2. The maximum absolute atomic E-state index is 13.5. The molecule has 1 aromatic rings. The second-order valence-electron chi connectivity index (χ2n) is 4.88. The Hall–Kier alpha value is -1.00. The number of rotatable bonds is 2. The first-order chi connectivity index (χ1) is 8.06. The van der Waals surface area contributed by atoms with Gasteiger partial charge in [-0.05, 0) is 19.9 Å². The van der Waals surface area contributed by atoms with Crippen LogP contribution in [0.2, 0.25) is 0 Å². The molecule has 0 aromatic heterocycles. The Balaban J connectivity index is 2.07. The summed E-state index contributed by atoms with van der Waals surface area (Å²) in [4.78, 5) is 2.16. The Morgan fingerprint density at radius 2 is 1.88 bits per heavy atom. The summed E-state index contributed by atoms with van der Waals surface area (Å²) < 4.78 is 26.6. The monoisotopic (exact) mass is 240 g/mol. The average molecular weight is 240 g/mol. The highest BCUT2D eigenvalue weighted by atomic mass is 19.2. The lowest BCUT2D eigenvalue weighted by molar-refractivity contribution is 0.164. The molecule has 2 nitrogen and oxygen atoms in total. The highest BCUT2D eigenvalue weighted by Crippen LogP contribution is 2.15. The molecule has 2 rings (SSSR count). The van der Waals surface area contributed by atoms with Gasteiger partial charge < -0.3 is 5.32 Å². The molecule has 1 saturated heterocycles. The van der Waals surface area contributed by atoms with Crippen LogP contribution in [0.25, 0.3) is 0 Å². The van der Waals surface area contributed by atoms with Gasteiger partial charge in [-0.3, -0.25) is 4.90 Å². The third kappa shape index (κ3) is 3.01. The lowest BCUT2D eigenvalue weighted by Crippen LogP contribution is -2.53. The zero-order chi connectivity index (χ0) is 12.4. The minimum absolute atomic E-state index is 0.385. The molecule has 2 atom stereocenters. The highest BCUT2D eigenvalue weighted by Gasteiger charge is 2.22. The quantitative estimate of drug-likeness (QED) is 0.852. The molecule has 17 heavy (non-hydrogen) atoms. The Labute approximate surface area is 101 Å². The van der Waals surface area contributed by atoms with Gasteiger partial charge in [-0.25, -0.2) is 8.78 Å². The predicted molar refractivity (Wildman–Crippen MR) is 63.7 cm³/mol. The maximum Gasteiger partial charge on any atom is 0.163 e. The fourth-order valence-electron chi connectivity index (χ4n) is 2.48. The van der Waals surface area contributed by atoms with Crippen LogP contribution in [-0.4, -0.2) is 30.1 Å². The molecule has 1 aliphatic heterocycles. The fourth-order valence-corrected chi connectivity index (χ4v) is 2.48. The summed E-state index contributed by atoms with van der Waals surface area (Å²) in [5.74, 6) is -1.48. The molecule has 0 amide bonds. The van der Waals surface area contributed by atoms with Crippen molar-refractivity contribution in [1.82, 2.24) is 10.2 Å². The largest absolute Gasteiger partial charge is 0.309 e. The first kappa shape index (κ1) is 12.5. The molecule has 1 heterocycles. The third-order valence-corrected chi connectivity index (χ3v) is 3.06. The van der Waals surface area contributed by atoms with Crippen molar-refractivity contribution in [2.75, 3.05) is 13.1 Å². The second kappa shape index (κ2) is 5.10. The van der Waals surface area contributed by atoms with E-state index in [2.05, 4.69) is 24.1 Å². The van der Waals surface area contributed by atoms with Crippen LogP contribution in [0.5, 0.6) is 0 Å². The Morgan fingerprint density at radius 1 is 1.24 bits per heavy atom. The van der Waals surface area contributed by atoms with Gasteiger partial charge in [-0.1, -0.05) is 12.1 Å². The van der Waals surface area contributed by atoms with Crippen LogP contribution in [-0.2, 0) is 6.54 Å². The van der Waals surface area contributed by atoms with Crippen molar-refractivity contribution >= 4 is 0 Å². The molecule has 0 bridgehead atoms. The molecule has 0 aliphatic carbocycles. The molecule has 0 saturated carbocycles. The topological polar surface area (TPSA) is 15.3 Å². The Kier molecular flexibility index (Phi) is 3.74. The van der Waals surface area contributed by atoms with E-state index in [0.717, 1.165) is 19.2 Å². The second-order valence-corrected chi connectivity index (χ2v) is 4.88. The van der Waals surface area contributed by atoms with E-state index in [9.17, 15) is 8.78 Å². The lowest BCUT2D eigenvalue weighted by Gasteiger charge is -2.36. The van der Waals surface area contributed by atoms with E-state index in [1.807, 2.05) is 0 Å². The van der Waals surface area contributed by atoms with Crippen molar-refractivity contribution in [3.63, 3.8) is 0 Å². The van der Waals surface area contributed by atoms with Crippen molar-refractivity contribution in [2.45, 2.75) is 32.5 Å². The number of hydrogen-bond donors (Lipinski definition) is 1. The average Bonchev–Trinajstić information content (AvgIpc) is 2.23. The van der Waals surface area contributed by atoms with Crippen molar-refractivity contribution in [3.8, 4) is 0 Å². The summed E-state index contributed by atoms with van der Waals surface area (Å²) in [6.07, 6.45) is 0. The Morgan fingerprint density at radius 3 is 2.53 bits per heavy atom. The van der Waals surface area contributed by atoms with Gasteiger partial charge in [0, 0.05) is 37.3 Å². The lowest BCUT2D eigenvalue weighted by atomic mass is 10.1. The number of benzene rings is 1. The van der Waals surface area contributed by atoms with E-state index in [-0.39, 0.29) is 0 Å². The van der Waals surface area contributed by atoms with Gasteiger partial charge in [-0.15, -0.1) is 0 Å². The van der Waals surface area contributed by atoms with Crippen LogP contribution >= 0.6 is 0 Å². The minimum Gasteiger partial charge on any atom is -0.309 e. The number of nitrogens with zero attached hydrogens (tertiary/aromatic N) is 1. The first-order valence-corrected chi connectivity index (χ1v) is 5.97. The molecule has 0 radical (unpaired) electrons. The van der Waals surface area contributed by atoms with Gasteiger partial charge in [0.15, 0.2) is 11.6 Å². The fraction of sp³-hybridized carbons (Fsp3) is 0.538. The van der Waals surface area contributed by atoms with E-state index in [1.165, 1.54) is 0 Å². The summed E-state index contributed by atoms with van der Waals surface area (Å²) in [5, 5.41) is 3.41. The van der Waals surface area contributed by atoms with Crippen LogP contribution in [0.15, 0.2) is 18.2 Å². The summed E-state index contributed by atoms with van der Waals surface area (Å²) in [6.45, 7) is 6.40. The van der Waals surface area contributed by atoms with Crippen LogP contribution in [0, 0.1) is 11.6 Å². The van der Waals surface area contributed by atoms with E-state index >= 15 is 0 Å². The number of halogens is 2. The number of hydrogen-bond acceptors (Lipinski definition) is 2. The standard InChI is InChI=1S/C13H18F2N2/c1-9-6-17(7-10(2)16-9)8-11-4-3-5-12(14)13(11)15/h3-5,9-10,16H,6-8H2,1-2H3. The molecule has 1 fully saturated rings. The maximum atomic E-state index is 13.5. The summed E-state index contributed by atoms with van der Waals surface area (Å²) in [5.41, 5.74) is 0.436. The molecule has 94 valence electrons. The van der Waals surface area contributed by atoms with Crippen LogP contribution < -0.4 is 5.32 Å². The molecule has 2 unspecified atom stereocenters. The van der Waals surface area contributed by atoms with Crippen molar-refractivity contribution in [3.05, 3.63) is 35.4 Å². The van der Waals surface area contributed by atoms with E-state index in [4.69, 9.17) is 0 Å².